The molecule has 1 aliphatic heterocycles. The van der Waals surface area contributed by atoms with Crippen LogP contribution in [-0.2, 0) is 11.3 Å². The number of likely N-dealkylation sites (tertiary alicyclic amines) is 1. The molecule has 1 aromatic carbocycles. The number of ether oxygens (including phenoxy) is 1. The lowest BCUT2D eigenvalue weighted by atomic mass is 10.2. The molecule has 1 aromatic rings. The zero-order valence-electron chi connectivity index (χ0n) is 10.8. The maximum absolute atomic E-state index is 11.8. The number of likely N-dealkylation sites (N-methyl/N-ethyl adjacent to an activating group) is 1. The summed E-state index contributed by atoms with van der Waals surface area (Å²) in [5.74, 6) is 0. The molecular weight excluding hydrogens is 228 g/mol. The van der Waals surface area contributed by atoms with Crippen molar-refractivity contribution in [2.75, 3.05) is 19.6 Å². The Morgan fingerprint density at radius 2 is 2.22 bits per heavy atom. The Hall–Kier alpha value is -1.55. The van der Waals surface area contributed by atoms with Crippen LogP contribution >= 0.6 is 0 Å². The van der Waals surface area contributed by atoms with E-state index in [4.69, 9.17) is 4.74 Å². The minimum atomic E-state index is -0.209. The van der Waals surface area contributed by atoms with Crippen LogP contribution in [0.25, 0.3) is 0 Å². The van der Waals surface area contributed by atoms with E-state index in [0.29, 0.717) is 12.6 Å². The Bertz CT molecular complexity index is 381. The highest BCUT2D eigenvalue weighted by Crippen LogP contribution is 2.11. The number of carbonyl (C=O) groups excluding carboxylic acids is 1. The van der Waals surface area contributed by atoms with Crippen LogP contribution in [0.4, 0.5) is 4.79 Å². The van der Waals surface area contributed by atoms with Gasteiger partial charge in [0, 0.05) is 19.1 Å². The van der Waals surface area contributed by atoms with Crippen LogP contribution in [0.3, 0.4) is 0 Å². The van der Waals surface area contributed by atoms with Crippen LogP contribution in [0, 0.1) is 0 Å². The van der Waals surface area contributed by atoms with E-state index in [-0.39, 0.29) is 6.09 Å². The molecule has 0 radical (unpaired) electrons. The van der Waals surface area contributed by atoms with Gasteiger partial charge < -0.3 is 15.0 Å². The molecule has 1 atom stereocenters. The smallest absolute Gasteiger partial charge is 0.410 e. The summed E-state index contributed by atoms with van der Waals surface area (Å²) in [7, 11) is 0. The highest BCUT2D eigenvalue weighted by atomic mass is 16.6. The Labute approximate surface area is 108 Å². The average Bonchev–Trinajstić information content (AvgIpc) is 2.86. The molecular formula is C14H20N2O2. The Balaban J connectivity index is 1.76. The number of nitrogens with zero attached hydrogens (tertiary/aromatic N) is 1. The fraction of sp³-hybridized carbons (Fsp3) is 0.500. The molecule has 1 saturated heterocycles. The Kier molecular flexibility index (Phi) is 4.59. The summed E-state index contributed by atoms with van der Waals surface area (Å²) in [4.78, 5) is 13.6. The molecule has 0 bridgehead atoms. The molecule has 1 aliphatic rings. The molecule has 2 rings (SSSR count). The molecule has 0 aliphatic carbocycles. The van der Waals surface area contributed by atoms with Crippen LogP contribution in [-0.4, -0.2) is 36.7 Å². The number of amides is 1. The molecule has 0 aromatic heterocycles. The number of hydrogen-bond donors (Lipinski definition) is 1. The minimum Gasteiger partial charge on any atom is -0.445 e. The van der Waals surface area contributed by atoms with E-state index >= 15 is 0 Å². The molecule has 4 nitrogen and oxygen atoms in total. The third kappa shape index (κ3) is 3.47. The van der Waals surface area contributed by atoms with Gasteiger partial charge in [0.2, 0.25) is 0 Å². The molecule has 1 fully saturated rings. The van der Waals surface area contributed by atoms with Crippen molar-refractivity contribution < 1.29 is 9.53 Å². The predicted octanol–water partition coefficient (Wildman–Crippen LogP) is 2.01. The number of benzene rings is 1. The second kappa shape index (κ2) is 6.40. The van der Waals surface area contributed by atoms with Crippen molar-refractivity contribution in [3.05, 3.63) is 35.9 Å². The standard InChI is InChI=1S/C14H20N2O2/c1-2-15-13-8-9-16(10-13)14(17)18-11-12-6-4-3-5-7-12/h3-7,13,15H,2,8-11H2,1H3/t13-/m0/s1. The lowest BCUT2D eigenvalue weighted by molar-refractivity contribution is 0.103. The highest BCUT2D eigenvalue weighted by Gasteiger charge is 2.26. The largest absolute Gasteiger partial charge is 0.445 e. The summed E-state index contributed by atoms with van der Waals surface area (Å²) in [5.41, 5.74) is 1.02. The molecule has 1 amide bonds. The van der Waals surface area contributed by atoms with E-state index in [1.165, 1.54) is 0 Å². The summed E-state index contributed by atoms with van der Waals surface area (Å²) in [6, 6.07) is 10.2. The second-order valence-electron chi connectivity index (χ2n) is 4.53. The van der Waals surface area contributed by atoms with Gasteiger partial charge in [-0.2, -0.15) is 0 Å². The predicted molar refractivity (Wildman–Crippen MR) is 70.3 cm³/mol. The number of carbonyl (C=O) groups is 1. The van der Waals surface area contributed by atoms with Gasteiger partial charge in [0.05, 0.1) is 0 Å². The first kappa shape index (κ1) is 12.9. The Morgan fingerprint density at radius 1 is 1.44 bits per heavy atom. The maximum Gasteiger partial charge on any atom is 0.410 e. The fourth-order valence-electron chi connectivity index (χ4n) is 2.19. The quantitative estimate of drug-likeness (QED) is 0.886. The molecule has 18 heavy (non-hydrogen) atoms. The SMILES string of the molecule is CCN[C@H]1CCN(C(=O)OCc2ccccc2)C1. The van der Waals surface area contributed by atoms with Crippen molar-refractivity contribution in [3.8, 4) is 0 Å². The van der Waals surface area contributed by atoms with Crippen LogP contribution in [0.5, 0.6) is 0 Å². The first-order valence-electron chi connectivity index (χ1n) is 6.48. The number of rotatable bonds is 4. The third-order valence-corrected chi connectivity index (χ3v) is 3.14. The highest BCUT2D eigenvalue weighted by molar-refractivity contribution is 5.68. The number of hydrogen-bond acceptors (Lipinski definition) is 3. The van der Waals surface area contributed by atoms with Gasteiger partial charge in [-0.3, -0.25) is 0 Å². The zero-order chi connectivity index (χ0) is 12.8. The van der Waals surface area contributed by atoms with Crippen molar-refractivity contribution in [3.63, 3.8) is 0 Å². The molecule has 1 N–H and O–H groups in total. The fourth-order valence-corrected chi connectivity index (χ4v) is 2.19. The molecule has 1 heterocycles. The average molecular weight is 248 g/mol. The van der Waals surface area contributed by atoms with Crippen molar-refractivity contribution in [1.29, 1.82) is 0 Å². The normalized spacial score (nSPS) is 18.9. The van der Waals surface area contributed by atoms with E-state index in [2.05, 4.69) is 12.2 Å². The summed E-state index contributed by atoms with van der Waals surface area (Å²) in [5, 5.41) is 3.35. The van der Waals surface area contributed by atoms with Crippen LogP contribution in [0.1, 0.15) is 18.9 Å². The van der Waals surface area contributed by atoms with E-state index in [0.717, 1.165) is 31.6 Å². The molecule has 4 heteroatoms. The summed E-state index contributed by atoms with van der Waals surface area (Å²) < 4.78 is 5.30. The van der Waals surface area contributed by atoms with Crippen molar-refractivity contribution in [2.24, 2.45) is 0 Å². The first-order chi connectivity index (χ1) is 8.79. The van der Waals surface area contributed by atoms with Gasteiger partial charge >= 0.3 is 6.09 Å². The van der Waals surface area contributed by atoms with Crippen molar-refractivity contribution in [2.45, 2.75) is 26.0 Å². The van der Waals surface area contributed by atoms with Crippen LogP contribution in [0.2, 0.25) is 0 Å². The van der Waals surface area contributed by atoms with Crippen LogP contribution in [0.15, 0.2) is 30.3 Å². The van der Waals surface area contributed by atoms with Crippen molar-refractivity contribution >= 4 is 6.09 Å². The zero-order valence-corrected chi connectivity index (χ0v) is 10.8. The monoisotopic (exact) mass is 248 g/mol. The molecule has 0 spiro atoms. The van der Waals surface area contributed by atoms with Gasteiger partial charge in [0.15, 0.2) is 0 Å². The van der Waals surface area contributed by atoms with Gasteiger partial charge in [-0.15, -0.1) is 0 Å². The van der Waals surface area contributed by atoms with E-state index in [9.17, 15) is 4.79 Å². The van der Waals surface area contributed by atoms with E-state index in [1.807, 2.05) is 30.3 Å². The van der Waals surface area contributed by atoms with Crippen LogP contribution < -0.4 is 5.32 Å². The lowest BCUT2D eigenvalue weighted by Crippen LogP contribution is -2.35. The van der Waals surface area contributed by atoms with Gasteiger partial charge in [-0.25, -0.2) is 4.79 Å². The molecule has 0 unspecified atom stereocenters. The lowest BCUT2D eigenvalue weighted by Gasteiger charge is -2.16. The minimum absolute atomic E-state index is 0.209. The first-order valence-corrected chi connectivity index (χ1v) is 6.48. The summed E-state index contributed by atoms with van der Waals surface area (Å²) in [6.45, 7) is 4.91. The Morgan fingerprint density at radius 3 is 2.94 bits per heavy atom. The van der Waals surface area contributed by atoms with Gasteiger partial charge in [-0.05, 0) is 18.5 Å². The van der Waals surface area contributed by atoms with Crippen molar-refractivity contribution in [1.82, 2.24) is 10.2 Å². The number of nitrogens with one attached hydrogen (secondary N) is 1. The summed E-state index contributed by atoms with van der Waals surface area (Å²) in [6.07, 6.45) is 0.799. The van der Waals surface area contributed by atoms with Gasteiger partial charge in [0.1, 0.15) is 6.61 Å². The third-order valence-electron chi connectivity index (χ3n) is 3.14. The van der Waals surface area contributed by atoms with E-state index in [1.54, 1.807) is 4.90 Å². The van der Waals surface area contributed by atoms with Gasteiger partial charge in [0.25, 0.3) is 0 Å². The topological polar surface area (TPSA) is 41.6 Å². The summed E-state index contributed by atoms with van der Waals surface area (Å²) >= 11 is 0. The van der Waals surface area contributed by atoms with E-state index < -0.39 is 0 Å². The molecule has 0 saturated carbocycles. The van der Waals surface area contributed by atoms with Gasteiger partial charge in [-0.1, -0.05) is 37.3 Å². The molecule has 98 valence electrons. The second-order valence-corrected chi connectivity index (χ2v) is 4.53. The maximum atomic E-state index is 11.8.